The van der Waals surface area contributed by atoms with Crippen LogP contribution >= 0.6 is 23.2 Å². The standard InChI is InChI=1S/C17H14Cl2N2O3S/c18-12-3-4-14(19)15(9-12)20-25(23,24)13-6-10-2-1-5-21-16(22)8-11(7-13)17(10)21/h3-4,6-7,9,20H,1-2,5,8H2. The second kappa shape index (κ2) is 5.90. The summed E-state index contributed by atoms with van der Waals surface area (Å²) >= 11 is 12.0. The van der Waals surface area contributed by atoms with Crippen LogP contribution < -0.4 is 9.62 Å². The summed E-state index contributed by atoms with van der Waals surface area (Å²) in [5.74, 6) is 0.0244. The molecule has 5 nitrogen and oxygen atoms in total. The highest BCUT2D eigenvalue weighted by Crippen LogP contribution is 2.39. The normalized spacial score (nSPS) is 16.1. The molecule has 0 fully saturated rings. The molecule has 2 aromatic carbocycles. The lowest BCUT2D eigenvalue weighted by Gasteiger charge is -2.26. The molecule has 0 spiro atoms. The SMILES string of the molecule is O=C1Cc2cc(S(=O)(=O)Nc3cc(Cl)ccc3Cl)cc3c2N1CCC3. The van der Waals surface area contributed by atoms with Gasteiger partial charge in [-0.1, -0.05) is 23.2 Å². The van der Waals surface area contributed by atoms with Crippen LogP contribution in [0.3, 0.4) is 0 Å². The highest BCUT2D eigenvalue weighted by Gasteiger charge is 2.33. The Balaban J connectivity index is 1.76. The summed E-state index contributed by atoms with van der Waals surface area (Å²) in [5, 5.41) is 0.643. The minimum absolute atomic E-state index is 0.0244. The molecular weight excluding hydrogens is 383 g/mol. The smallest absolute Gasteiger partial charge is 0.261 e. The fourth-order valence-electron chi connectivity index (χ4n) is 3.38. The Labute approximate surface area is 155 Å². The van der Waals surface area contributed by atoms with Crippen molar-refractivity contribution < 1.29 is 13.2 Å². The van der Waals surface area contributed by atoms with Gasteiger partial charge in [-0.3, -0.25) is 9.52 Å². The van der Waals surface area contributed by atoms with E-state index in [1.54, 1.807) is 23.1 Å². The topological polar surface area (TPSA) is 66.5 Å². The zero-order valence-corrected chi connectivity index (χ0v) is 15.4. The molecule has 2 aromatic rings. The molecule has 4 rings (SSSR count). The van der Waals surface area contributed by atoms with Crippen molar-refractivity contribution in [2.75, 3.05) is 16.2 Å². The largest absolute Gasteiger partial charge is 0.312 e. The van der Waals surface area contributed by atoms with Gasteiger partial charge in [0.05, 0.1) is 27.7 Å². The molecule has 2 aliphatic heterocycles. The van der Waals surface area contributed by atoms with Gasteiger partial charge in [-0.2, -0.15) is 0 Å². The molecular formula is C17H14Cl2N2O3S. The molecule has 25 heavy (non-hydrogen) atoms. The van der Waals surface area contributed by atoms with Gasteiger partial charge in [0.1, 0.15) is 0 Å². The molecule has 0 bridgehead atoms. The third-order valence-corrected chi connectivity index (χ3v) is 6.37. The van der Waals surface area contributed by atoms with Crippen molar-refractivity contribution in [1.29, 1.82) is 0 Å². The summed E-state index contributed by atoms with van der Waals surface area (Å²) in [6.45, 7) is 0.696. The second-order valence-corrected chi connectivity index (χ2v) is 8.67. The number of hydrogen-bond acceptors (Lipinski definition) is 3. The maximum absolute atomic E-state index is 12.8. The first-order valence-corrected chi connectivity index (χ1v) is 10.0. The van der Waals surface area contributed by atoms with E-state index in [1.807, 2.05) is 0 Å². The van der Waals surface area contributed by atoms with Crippen LogP contribution in [0.1, 0.15) is 17.5 Å². The van der Waals surface area contributed by atoms with Crippen molar-refractivity contribution >= 4 is 50.5 Å². The van der Waals surface area contributed by atoms with Gasteiger partial charge in [-0.05, 0) is 54.3 Å². The average molecular weight is 397 g/mol. The van der Waals surface area contributed by atoms with E-state index < -0.39 is 10.0 Å². The number of hydrogen-bond donors (Lipinski definition) is 1. The van der Waals surface area contributed by atoms with Crippen LogP contribution in [0, 0.1) is 0 Å². The predicted molar refractivity (Wildman–Crippen MR) is 98.1 cm³/mol. The molecule has 1 N–H and O–H groups in total. The number of rotatable bonds is 3. The zero-order chi connectivity index (χ0) is 17.8. The quantitative estimate of drug-likeness (QED) is 0.860. The Hall–Kier alpha value is -1.76. The number of nitrogens with one attached hydrogen (secondary N) is 1. The number of aryl methyl sites for hydroxylation is 1. The Morgan fingerprint density at radius 2 is 1.84 bits per heavy atom. The number of sulfonamides is 1. The molecule has 0 saturated heterocycles. The van der Waals surface area contributed by atoms with E-state index in [2.05, 4.69) is 4.72 Å². The van der Waals surface area contributed by atoms with E-state index in [9.17, 15) is 13.2 Å². The van der Waals surface area contributed by atoms with Crippen LogP contribution in [0.2, 0.25) is 10.0 Å². The molecule has 0 radical (unpaired) electrons. The first-order valence-electron chi connectivity index (χ1n) is 7.79. The van der Waals surface area contributed by atoms with Crippen LogP contribution in [0.25, 0.3) is 0 Å². The zero-order valence-electron chi connectivity index (χ0n) is 13.1. The summed E-state index contributed by atoms with van der Waals surface area (Å²) in [7, 11) is -3.84. The lowest BCUT2D eigenvalue weighted by atomic mass is 10.0. The molecule has 0 atom stereocenters. The Bertz CT molecular complexity index is 1010. The lowest BCUT2D eigenvalue weighted by Crippen LogP contribution is -2.31. The van der Waals surface area contributed by atoms with Gasteiger partial charge < -0.3 is 4.90 Å². The fraction of sp³-hybridized carbons (Fsp3) is 0.235. The number of amides is 1. The average Bonchev–Trinajstić information content (AvgIpc) is 2.88. The van der Waals surface area contributed by atoms with Crippen LogP contribution in [-0.4, -0.2) is 20.9 Å². The van der Waals surface area contributed by atoms with Gasteiger partial charge in [0, 0.05) is 11.6 Å². The summed E-state index contributed by atoms with van der Waals surface area (Å²) < 4.78 is 28.1. The highest BCUT2D eigenvalue weighted by molar-refractivity contribution is 7.92. The molecule has 2 aliphatic rings. The second-order valence-electron chi connectivity index (χ2n) is 6.15. The maximum atomic E-state index is 12.8. The van der Waals surface area contributed by atoms with Gasteiger partial charge >= 0.3 is 0 Å². The van der Waals surface area contributed by atoms with E-state index >= 15 is 0 Å². The number of carbonyl (C=O) groups excluding carboxylic acids is 1. The minimum atomic E-state index is -3.84. The van der Waals surface area contributed by atoms with Gasteiger partial charge in [0.15, 0.2) is 0 Å². The van der Waals surface area contributed by atoms with Crippen LogP contribution in [0.4, 0.5) is 11.4 Å². The van der Waals surface area contributed by atoms with E-state index in [0.717, 1.165) is 29.7 Å². The number of nitrogens with zero attached hydrogens (tertiary/aromatic N) is 1. The number of carbonyl (C=O) groups is 1. The molecule has 1 amide bonds. The van der Waals surface area contributed by atoms with Crippen LogP contribution in [-0.2, 0) is 27.7 Å². The Morgan fingerprint density at radius 1 is 1.08 bits per heavy atom. The van der Waals surface area contributed by atoms with Crippen molar-refractivity contribution in [2.45, 2.75) is 24.2 Å². The van der Waals surface area contributed by atoms with Gasteiger partial charge in [0.2, 0.25) is 5.91 Å². The minimum Gasteiger partial charge on any atom is -0.312 e. The number of benzene rings is 2. The summed E-state index contributed by atoms with van der Waals surface area (Å²) in [5.41, 5.74) is 2.77. The van der Waals surface area contributed by atoms with Crippen LogP contribution in [0.15, 0.2) is 35.2 Å². The van der Waals surface area contributed by atoms with Crippen molar-refractivity contribution in [3.63, 3.8) is 0 Å². The van der Waals surface area contributed by atoms with Crippen molar-refractivity contribution in [3.8, 4) is 0 Å². The monoisotopic (exact) mass is 396 g/mol. The van der Waals surface area contributed by atoms with Gasteiger partial charge in [-0.15, -0.1) is 0 Å². The van der Waals surface area contributed by atoms with E-state index in [-0.39, 0.29) is 27.9 Å². The van der Waals surface area contributed by atoms with E-state index in [4.69, 9.17) is 23.2 Å². The fourth-order valence-corrected chi connectivity index (χ4v) is 4.95. The summed E-state index contributed by atoms with van der Waals surface area (Å²) in [6, 6.07) is 7.80. The molecule has 0 aromatic heterocycles. The Morgan fingerprint density at radius 3 is 2.64 bits per heavy atom. The van der Waals surface area contributed by atoms with Crippen LogP contribution in [0.5, 0.6) is 0 Å². The van der Waals surface area contributed by atoms with Crippen molar-refractivity contribution in [3.05, 3.63) is 51.5 Å². The number of halogens is 2. The maximum Gasteiger partial charge on any atom is 0.261 e. The summed E-state index contributed by atoms with van der Waals surface area (Å²) in [4.78, 5) is 14.0. The first kappa shape index (κ1) is 16.7. The molecule has 0 aliphatic carbocycles. The third-order valence-electron chi connectivity index (χ3n) is 4.46. The van der Waals surface area contributed by atoms with Crippen molar-refractivity contribution in [2.24, 2.45) is 0 Å². The molecule has 2 heterocycles. The van der Waals surface area contributed by atoms with Crippen molar-refractivity contribution in [1.82, 2.24) is 0 Å². The number of anilines is 2. The molecule has 130 valence electrons. The Kier molecular flexibility index (Phi) is 3.94. The van der Waals surface area contributed by atoms with Gasteiger partial charge in [0.25, 0.3) is 10.0 Å². The third kappa shape index (κ3) is 2.88. The summed E-state index contributed by atoms with van der Waals surface area (Å²) in [6.07, 6.45) is 1.83. The lowest BCUT2D eigenvalue weighted by molar-refractivity contribution is -0.117. The van der Waals surface area contributed by atoms with E-state index in [0.29, 0.717) is 11.6 Å². The predicted octanol–water partition coefficient (Wildman–Crippen LogP) is 3.63. The molecule has 0 saturated carbocycles. The van der Waals surface area contributed by atoms with E-state index in [1.165, 1.54) is 12.1 Å². The van der Waals surface area contributed by atoms with Gasteiger partial charge in [-0.25, -0.2) is 8.42 Å². The molecule has 0 unspecified atom stereocenters. The first-order chi connectivity index (χ1) is 11.8. The highest BCUT2D eigenvalue weighted by atomic mass is 35.5. The molecule has 8 heteroatoms.